The fourth-order valence-electron chi connectivity index (χ4n) is 4.28. The van der Waals surface area contributed by atoms with Gasteiger partial charge in [-0.15, -0.1) is 0 Å². The quantitative estimate of drug-likeness (QED) is 0.331. The van der Waals surface area contributed by atoms with Crippen LogP contribution in [-0.4, -0.2) is 70.5 Å². The molecule has 1 fully saturated rings. The first-order chi connectivity index (χ1) is 16.7. The minimum atomic E-state index is -1.02. The lowest BCUT2D eigenvalue weighted by atomic mass is 10.0. The van der Waals surface area contributed by atoms with Crippen LogP contribution in [0, 0.1) is 5.92 Å². The number of aromatic amines is 1. The molecule has 0 unspecified atom stereocenters. The molecule has 0 aliphatic carbocycles. The molecule has 3 rings (SSSR count). The number of likely N-dealkylation sites (tertiary alicyclic amines) is 1. The molecule has 0 saturated carbocycles. The van der Waals surface area contributed by atoms with Crippen molar-refractivity contribution in [2.45, 2.75) is 58.0 Å². The van der Waals surface area contributed by atoms with Gasteiger partial charge in [0.15, 0.2) is 0 Å². The largest absolute Gasteiger partial charge is 0.481 e. The lowest BCUT2D eigenvalue weighted by Gasteiger charge is -2.26. The third-order valence-electron chi connectivity index (χ3n) is 6.08. The Labute approximate surface area is 204 Å². The maximum atomic E-state index is 13.3. The van der Waals surface area contributed by atoms with Gasteiger partial charge < -0.3 is 30.9 Å². The van der Waals surface area contributed by atoms with Gasteiger partial charge in [-0.2, -0.15) is 0 Å². The lowest BCUT2D eigenvalue weighted by molar-refractivity contribution is -0.137. The van der Waals surface area contributed by atoms with Crippen molar-refractivity contribution in [1.29, 1.82) is 0 Å². The maximum absolute atomic E-state index is 13.3. The van der Waals surface area contributed by atoms with Gasteiger partial charge >= 0.3 is 12.0 Å². The molecule has 1 aromatic heterocycles. The molecule has 1 aliphatic rings. The van der Waals surface area contributed by atoms with Crippen LogP contribution in [0.4, 0.5) is 4.79 Å². The van der Waals surface area contributed by atoms with Crippen LogP contribution in [-0.2, 0) is 20.8 Å². The molecular weight excluding hydrogens is 450 g/mol. The summed E-state index contributed by atoms with van der Waals surface area (Å²) >= 11 is 0. The number of carbonyl (C=O) groups is 4. The fraction of sp³-hybridized carbons (Fsp3) is 0.520. The number of nitrogens with one attached hydrogen (secondary N) is 4. The first-order valence-electron chi connectivity index (χ1n) is 12.1. The van der Waals surface area contributed by atoms with E-state index in [2.05, 4.69) is 20.9 Å². The Balaban J connectivity index is 1.76. The number of para-hydroxylation sites is 1. The van der Waals surface area contributed by atoms with Gasteiger partial charge in [-0.05, 0) is 36.8 Å². The van der Waals surface area contributed by atoms with E-state index < -0.39 is 29.9 Å². The molecule has 0 bridgehead atoms. The summed E-state index contributed by atoms with van der Waals surface area (Å²) in [5, 5.41) is 18.1. The molecule has 0 radical (unpaired) electrons. The first kappa shape index (κ1) is 26.1. The minimum Gasteiger partial charge on any atom is -0.481 e. The molecule has 2 heterocycles. The highest BCUT2D eigenvalue weighted by Gasteiger charge is 2.30. The Morgan fingerprint density at radius 1 is 1.03 bits per heavy atom. The number of rotatable bonds is 11. The van der Waals surface area contributed by atoms with Crippen molar-refractivity contribution in [2.24, 2.45) is 5.92 Å². The molecule has 2 atom stereocenters. The van der Waals surface area contributed by atoms with Crippen molar-refractivity contribution in [3.8, 4) is 0 Å². The van der Waals surface area contributed by atoms with Crippen LogP contribution in [0.2, 0.25) is 0 Å². The number of H-pyrrole nitrogens is 1. The molecule has 1 aromatic carbocycles. The van der Waals surface area contributed by atoms with E-state index in [9.17, 15) is 19.2 Å². The molecule has 10 nitrogen and oxygen atoms in total. The topological polar surface area (TPSA) is 144 Å². The Kier molecular flexibility index (Phi) is 9.11. The monoisotopic (exact) mass is 485 g/mol. The van der Waals surface area contributed by atoms with Crippen LogP contribution < -0.4 is 16.0 Å². The summed E-state index contributed by atoms with van der Waals surface area (Å²) in [4.78, 5) is 54.7. The normalized spacial score (nSPS) is 15.1. The van der Waals surface area contributed by atoms with Crippen molar-refractivity contribution in [3.05, 3.63) is 36.0 Å². The Hall–Kier alpha value is -3.56. The van der Waals surface area contributed by atoms with E-state index in [0.29, 0.717) is 19.5 Å². The number of carboxylic acid groups (broad SMARTS) is 1. The second-order valence-corrected chi connectivity index (χ2v) is 9.39. The number of amides is 4. The Bertz CT molecular complexity index is 1040. The number of hydrogen-bond donors (Lipinski definition) is 5. The summed E-state index contributed by atoms with van der Waals surface area (Å²) in [6.07, 6.45) is 4.10. The number of carboxylic acids is 1. The van der Waals surface area contributed by atoms with E-state index in [1.54, 1.807) is 11.1 Å². The van der Waals surface area contributed by atoms with Gasteiger partial charge in [0.1, 0.15) is 12.1 Å². The fourth-order valence-corrected chi connectivity index (χ4v) is 4.28. The van der Waals surface area contributed by atoms with E-state index in [-0.39, 0.29) is 31.3 Å². The predicted octanol–water partition coefficient (Wildman–Crippen LogP) is 2.01. The Morgan fingerprint density at radius 2 is 1.74 bits per heavy atom. The van der Waals surface area contributed by atoms with E-state index >= 15 is 0 Å². The molecule has 1 aliphatic heterocycles. The van der Waals surface area contributed by atoms with Crippen molar-refractivity contribution in [2.75, 3.05) is 19.6 Å². The Morgan fingerprint density at radius 3 is 2.43 bits per heavy atom. The van der Waals surface area contributed by atoms with Crippen LogP contribution in [0.25, 0.3) is 10.9 Å². The van der Waals surface area contributed by atoms with Crippen LogP contribution >= 0.6 is 0 Å². The standard InChI is InChI=1S/C25H35N5O5/c1-16(2)13-20(29-25(35)30-11-5-6-12-30)24(34)28-21(23(33)26-10-9-22(31)32)14-17-15-27-19-8-4-3-7-18(17)19/h3-4,7-8,15-16,20-21,27H,5-6,9-14H2,1-2H3,(H,26,33)(H,28,34)(H,29,35)(H,31,32)/t20-,21+/m0/s1. The molecular formula is C25H35N5O5. The van der Waals surface area contributed by atoms with Gasteiger partial charge in [0.2, 0.25) is 11.8 Å². The molecule has 1 saturated heterocycles. The van der Waals surface area contributed by atoms with Gasteiger partial charge in [-0.25, -0.2) is 4.79 Å². The van der Waals surface area contributed by atoms with E-state index in [1.807, 2.05) is 38.1 Å². The molecule has 4 amide bonds. The van der Waals surface area contributed by atoms with Crippen LogP contribution in [0.5, 0.6) is 0 Å². The molecule has 5 N–H and O–H groups in total. The zero-order valence-electron chi connectivity index (χ0n) is 20.3. The highest BCUT2D eigenvalue weighted by Crippen LogP contribution is 2.19. The van der Waals surface area contributed by atoms with Gasteiger partial charge in [0.25, 0.3) is 0 Å². The lowest BCUT2D eigenvalue weighted by Crippen LogP contribution is -2.56. The molecule has 0 spiro atoms. The second-order valence-electron chi connectivity index (χ2n) is 9.39. The minimum absolute atomic E-state index is 0.0461. The third-order valence-corrected chi connectivity index (χ3v) is 6.08. The van der Waals surface area contributed by atoms with Gasteiger partial charge in [-0.3, -0.25) is 14.4 Å². The van der Waals surface area contributed by atoms with E-state index in [1.165, 1.54) is 0 Å². The van der Waals surface area contributed by atoms with Gasteiger partial charge in [0, 0.05) is 43.2 Å². The summed E-state index contributed by atoms with van der Waals surface area (Å²) in [6.45, 7) is 5.21. The van der Waals surface area contributed by atoms with Gasteiger partial charge in [0.05, 0.1) is 6.42 Å². The molecule has 10 heteroatoms. The summed E-state index contributed by atoms with van der Waals surface area (Å²) in [6, 6.07) is 5.65. The van der Waals surface area contributed by atoms with Crippen LogP contribution in [0.15, 0.2) is 30.5 Å². The average Bonchev–Trinajstić information content (AvgIpc) is 3.48. The van der Waals surface area contributed by atoms with Crippen molar-refractivity contribution < 1.29 is 24.3 Å². The number of urea groups is 1. The van der Waals surface area contributed by atoms with Crippen molar-refractivity contribution in [1.82, 2.24) is 25.8 Å². The third kappa shape index (κ3) is 7.46. The zero-order chi connectivity index (χ0) is 25.4. The van der Waals surface area contributed by atoms with Gasteiger partial charge in [-0.1, -0.05) is 32.0 Å². The summed E-state index contributed by atoms with van der Waals surface area (Å²) in [5.74, 6) is -1.80. The second kappa shape index (κ2) is 12.2. The summed E-state index contributed by atoms with van der Waals surface area (Å²) < 4.78 is 0. The van der Waals surface area contributed by atoms with E-state index in [4.69, 9.17) is 5.11 Å². The number of fused-ring (bicyclic) bond motifs is 1. The molecule has 2 aromatic rings. The number of aliphatic carboxylic acids is 1. The predicted molar refractivity (Wildman–Crippen MR) is 132 cm³/mol. The first-order valence-corrected chi connectivity index (χ1v) is 12.1. The van der Waals surface area contributed by atoms with E-state index in [0.717, 1.165) is 29.3 Å². The highest BCUT2D eigenvalue weighted by molar-refractivity contribution is 5.93. The number of hydrogen-bond acceptors (Lipinski definition) is 4. The molecule has 35 heavy (non-hydrogen) atoms. The zero-order valence-corrected chi connectivity index (χ0v) is 20.3. The number of benzene rings is 1. The maximum Gasteiger partial charge on any atom is 0.318 e. The summed E-state index contributed by atoms with van der Waals surface area (Å²) in [7, 11) is 0. The average molecular weight is 486 g/mol. The number of carbonyl (C=O) groups excluding carboxylic acids is 3. The summed E-state index contributed by atoms with van der Waals surface area (Å²) in [5.41, 5.74) is 1.76. The smallest absolute Gasteiger partial charge is 0.318 e. The number of nitrogens with zero attached hydrogens (tertiary/aromatic N) is 1. The number of aromatic nitrogens is 1. The van der Waals surface area contributed by atoms with Crippen molar-refractivity contribution >= 4 is 34.7 Å². The SMILES string of the molecule is CC(C)C[C@H](NC(=O)N1CCCC1)C(=O)N[C@H](Cc1c[nH]c2ccccc12)C(=O)NCCC(=O)O. The van der Waals surface area contributed by atoms with Crippen molar-refractivity contribution in [3.63, 3.8) is 0 Å². The van der Waals surface area contributed by atoms with Crippen LogP contribution in [0.1, 0.15) is 45.1 Å². The highest BCUT2D eigenvalue weighted by atomic mass is 16.4. The van der Waals surface area contributed by atoms with Crippen LogP contribution in [0.3, 0.4) is 0 Å². The molecule has 190 valence electrons.